The van der Waals surface area contributed by atoms with Crippen LogP contribution in [-0.2, 0) is 6.54 Å². The summed E-state index contributed by atoms with van der Waals surface area (Å²) in [6.07, 6.45) is 3.49. The molecule has 0 unspecified atom stereocenters. The van der Waals surface area contributed by atoms with Crippen molar-refractivity contribution in [1.29, 1.82) is 0 Å². The van der Waals surface area contributed by atoms with Crippen LogP contribution in [0.25, 0.3) is 0 Å². The fraction of sp³-hybridized carbons (Fsp3) is 0.300. The second kappa shape index (κ2) is 4.89. The molecule has 0 fully saturated rings. The monoisotopic (exact) mass is 236 g/mol. The van der Waals surface area contributed by atoms with Crippen LogP contribution in [-0.4, -0.2) is 20.7 Å². The van der Waals surface area contributed by atoms with Gasteiger partial charge in [0.15, 0.2) is 5.43 Å². The molecule has 2 rings (SSSR count). The Hall–Kier alpha value is -1.69. The van der Waals surface area contributed by atoms with Gasteiger partial charge in [-0.1, -0.05) is 4.49 Å². The smallest absolute Gasteiger partial charge is 0.181 e. The van der Waals surface area contributed by atoms with Crippen molar-refractivity contribution < 1.29 is 0 Å². The average molecular weight is 236 g/mol. The van der Waals surface area contributed by atoms with Crippen LogP contribution in [0.1, 0.15) is 12.6 Å². The number of hydrogen-bond donors (Lipinski definition) is 1. The highest BCUT2D eigenvalue weighted by atomic mass is 32.1. The summed E-state index contributed by atoms with van der Waals surface area (Å²) < 4.78 is 5.81. The van der Waals surface area contributed by atoms with Crippen LogP contribution in [0, 0.1) is 0 Å². The molecule has 0 saturated carbocycles. The average Bonchev–Trinajstić information content (AvgIpc) is 2.70. The maximum absolute atomic E-state index is 10.9. The van der Waals surface area contributed by atoms with Crippen molar-refractivity contribution in [1.82, 2.24) is 14.2 Å². The third-order valence-corrected chi connectivity index (χ3v) is 2.81. The van der Waals surface area contributed by atoms with E-state index >= 15 is 0 Å². The molecule has 2 heterocycles. The summed E-state index contributed by atoms with van der Waals surface area (Å²) in [5, 5.41) is 8.25. The minimum Gasteiger partial charge on any atom is -0.374 e. The Morgan fingerprint density at radius 1 is 1.44 bits per heavy atom. The van der Waals surface area contributed by atoms with Crippen molar-refractivity contribution >= 4 is 16.5 Å². The van der Waals surface area contributed by atoms with E-state index in [1.807, 2.05) is 11.5 Å². The number of rotatable bonds is 4. The molecule has 0 spiro atoms. The van der Waals surface area contributed by atoms with Gasteiger partial charge in [-0.25, -0.2) is 0 Å². The molecule has 16 heavy (non-hydrogen) atoms. The molecule has 6 heteroatoms. The molecule has 0 saturated heterocycles. The Kier molecular flexibility index (Phi) is 3.31. The highest BCUT2D eigenvalue weighted by Gasteiger charge is 2.06. The van der Waals surface area contributed by atoms with Crippen LogP contribution in [0.15, 0.2) is 29.3 Å². The predicted molar refractivity (Wildman–Crippen MR) is 63.9 cm³/mol. The van der Waals surface area contributed by atoms with E-state index in [9.17, 15) is 4.79 Å². The second-order valence-corrected chi connectivity index (χ2v) is 4.04. The van der Waals surface area contributed by atoms with Crippen molar-refractivity contribution in [3.05, 3.63) is 40.4 Å². The first-order valence-corrected chi connectivity index (χ1v) is 5.78. The largest absolute Gasteiger partial charge is 0.374 e. The Labute approximate surface area is 96.9 Å². The molecule has 0 aromatic carbocycles. The molecule has 2 aromatic heterocycles. The van der Waals surface area contributed by atoms with E-state index < -0.39 is 0 Å². The Morgan fingerprint density at radius 3 is 2.88 bits per heavy atom. The third-order valence-electron chi connectivity index (χ3n) is 2.09. The normalized spacial score (nSPS) is 10.3. The fourth-order valence-corrected chi connectivity index (χ4v) is 1.97. The molecule has 84 valence electrons. The van der Waals surface area contributed by atoms with Gasteiger partial charge in [-0.3, -0.25) is 4.79 Å². The van der Waals surface area contributed by atoms with Crippen molar-refractivity contribution in [2.45, 2.75) is 13.5 Å². The van der Waals surface area contributed by atoms with Gasteiger partial charge in [0.05, 0.1) is 6.54 Å². The van der Waals surface area contributed by atoms with Gasteiger partial charge in [-0.15, -0.1) is 5.10 Å². The van der Waals surface area contributed by atoms with Gasteiger partial charge < -0.3 is 9.88 Å². The fourth-order valence-electron chi connectivity index (χ4n) is 1.33. The maximum atomic E-state index is 10.9. The van der Waals surface area contributed by atoms with E-state index in [1.54, 1.807) is 12.4 Å². The van der Waals surface area contributed by atoms with Crippen molar-refractivity contribution in [2.24, 2.45) is 0 Å². The number of hydrogen-bond acceptors (Lipinski definition) is 5. The van der Waals surface area contributed by atoms with E-state index in [0.717, 1.165) is 17.2 Å². The van der Waals surface area contributed by atoms with Crippen LogP contribution in [0.2, 0.25) is 0 Å². The summed E-state index contributed by atoms with van der Waals surface area (Å²) in [5.74, 6) is 0. The lowest BCUT2D eigenvalue weighted by Gasteiger charge is -2.05. The Balaban J connectivity index is 2.16. The summed E-state index contributed by atoms with van der Waals surface area (Å²) in [6, 6.07) is 3.07. The lowest BCUT2D eigenvalue weighted by atomic mass is 10.4. The quantitative estimate of drug-likeness (QED) is 0.866. The third kappa shape index (κ3) is 2.46. The zero-order valence-electron chi connectivity index (χ0n) is 8.88. The summed E-state index contributed by atoms with van der Waals surface area (Å²) >= 11 is 1.35. The standard InChI is InChI=1S/C10H12N4OS/c1-2-11-10-9(12-13-16-10)7-14-5-3-8(15)4-6-14/h3-6,11H,2,7H2,1H3. The lowest BCUT2D eigenvalue weighted by molar-refractivity contribution is 0.761. The van der Waals surface area contributed by atoms with E-state index in [4.69, 9.17) is 0 Å². The molecule has 0 aliphatic heterocycles. The number of anilines is 1. The van der Waals surface area contributed by atoms with Gasteiger partial charge in [-0.05, 0) is 6.92 Å². The van der Waals surface area contributed by atoms with Gasteiger partial charge in [0.25, 0.3) is 0 Å². The van der Waals surface area contributed by atoms with Crippen LogP contribution < -0.4 is 10.7 Å². The van der Waals surface area contributed by atoms with E-state index in [-0.39, 0.29) is 5.43 Å². The van der Waals surface area contributed by atoms with Gasteiger partial charge in [0, 0.05) is 42.6 Å². The summed E-state index contributed by atoms with van der Waals surface area (Å²) in [7, 11) is 0. The minimum atomic E-state index is 0.0135. The van der Waals surface area contributed by atoms with E-state index in [0.29, 0.717) is 6.54 Å². The number of nitrogens with one attached hydrogen (secondary N) is 1. The molecule has 0 radical (unpaired) electrons. The summed E-state index contributed by atoms with van der Waals surface area (Å²) in [4.78, 5) is 10.9. The van der Waals surface area contributed by atoms with Crippen LogP contribution in [0.4, 0.5) is 5.00 Å². The first-order valence-electron chi connectivity index (χ1n) is 5.01. The van der Waals surface area contributed by atoms with Crippen molar-refractivity contribution in [3.63, 3.8) is 0 Å². The highest BCUT2D eigenvalue weighted by molar-refractivity contribution is 7.10. The van der Waals surface area contributed by atoms with Crippen LogP contribution >= 0.6 is 11.5 Å². The Morgan fingerprint density at radius 2 is 2.19 bits per heavy atom. The SMILES string of the molecule is CCNc1snnc1Cn1ccc(=O)cc1. The number of nitrogens with zero attached hydrogens (tertiary/aromatic N) is 3. The van der Waals surface area contributed by atoms with Crippen LogP contribution in [0.3, 0.4) is 0 Å². The lowest BCUT2D eigenvalue weighted by Crippen LogP contribution is -2.07. The molecule has 0 aliphatic carbocycles. The maximum Gasteiger partial charge on any atom is 0.181 e. The summed E-state index contributed by atoms with van der Waals surface area (Å²) in [5.41, 5.74) is 0.912. The molecule has 5 nitrogen and oxygen atoms in total. The molecular weight excluding hydrogens is 224 g/mol. The molecule has 0 aliphatic rings. The minimum absolute atomic E-state index is 0.0135. The van der Waals surface area contributed by atoms with Gasteiger partial charge >= 0.3 is 0 Å². The van der Waals surface area contributed by atoms with Gasteiger partial charge in [0.2, 0.25) is 0 Å². The molecule has 0 atom stereocenters. The van der Waals surface area contributed by atoms with E-state index in [1.165, 1.54) is 23.7 Å². The van der Waals surface area contributed by atoms with E-state index in [2.05, 4.69) is 14.9 Å². The van der Waals surface area contributed by atoms with Crippen molar-refractivity contribution in [2.75, 3.05) is 11.9 Å². The zero-order valence-corrected chi connectivity index (χ0v) is 9.70. The topological polar surface area (TPSA) is 59.8 Å². The number of pyridine rings is 1. The summed E-state index contributed by atoms with van der Waals surface area (Å²) in [6.45, 7) is 3.50. The molecule has 2 aromatic rings. The van der Waals surface area contributed by atoms with Crippen molar-refractivity contribution in [3.8, 4) is 0 Å². The molecule has 0 bridgehead atoms. The molecule has 0 amide bonds. The zero-order chi connectivity index (χ0) is 11.4. The first-order chi connectivity index (χ1) is 7.79. The highest BCUT2D eigenvalue weighted by Crippen LogP contribution is 2.17. The van der Waals surface area contributed by atoms with Crippen LogP contribution in [0.5, 0.6) is 0 Å². The first kappa shape index (κ1) is 10.8. The Bertz CT molecular complexity index is 499. The molecular formula is C10H12N4OS. The van der Waals surface area contributed by atoms with Gasteiger partial charge in [-0.2, -0.15) is 0 Å². The molecule has 1 N–H and O–H groups in total. The second-order valence-electron chi connectivity index (χ2n) is 3.29. The van der Waals surface area contributed by atoms with Gasteiger partial charge in [0.1, 0.15) is 10.7 Å². The predicted octanol–water partition coefficient (Wildman–Crippen LogP) is 1.18. The number of aromatic nitrogens is 3.